The van der Waals surface area contributed by atoms with E-state index in [1.54, 1.807) is 11.7 Å². The van der Waals surface area contributed by atoms with Crippen LogP contribution in [0.2, 0.25) is 0 Å². The fourth-order valence-corrected chi connectivity index (χ4v) is 2.28. The van der Waals surface area contributed by atoms with Crippen molar-refractivity contribution < 1.29 is 15.1 Å². The van der Waals surface area contributed by atoms with E-state index in [0.29, 0.717) is 12.8 Å². The lowest BCUT2D eigenvalue weighted by atomic mass is 10.0. The summed E-state index contributed by atoms with van der Waals surface area (Å²) in [5.41, 5.74) is 4.70. The Bertz CT molecular complexity index is 654. The lowest BCUT2D eigenvalue weighted by Crippen LogP contribution is -2.20. The monoisotopic (exact) mass is 326 g/mol. The smallest absolute Gasteiger partial charge is 0.243 e. The van der Waals surface area contributed by atoms with E-state index in [0.717, 1.165) is 23.2 Å². The average Bonchev–Trinajstić information content (AvgIpc) is 2.64. The van der Waals surface area contributed by atoms with E-state index in [4.69, 9.17) is 5.21 Å². The predicted octanol–water partition coefficient (Wildman–Crippen LogP) is 2.83. The first-order chi connectivity index (χ1) is 11.7. The third-order valence-corrected chi connectivity index (χ3v) is 3.71. The molecule has 0 saturated carbocycles. The van der Waals surface area contributed by atoms with Crippen LogP contribution in [0.3, 0.4) is 0 Å². The van der Waals surface area contributed by atoms with Crippen LogP contribution in [0.25, 0.3) is 12.2 Å². The predicted molar refractivity (Wildman–Crippen MR) is 93.1 cm³/mol. The van der Waals surface area contributed by atoms with Crippen molar-refractivity contribution in [3.05, 3.63) is 65.5 Å². The fourth-order valence-electron chi connectivity index (χ4n) is 2.28. The van der Waals surface area contributed by atoms with Crippen LogP contribution in [-0.4, -0.2) is 27.3 Å². The number of benzene rings is 1. The SMILES string of the molecule is O=C(CCC(O)CCc1ccc(C=Cc2ccccn2)cc1)NO. The lowest BCUT2D eigenvalue weighted by molar-refractivity contribution is -0.129. The first-order valence-corrected chi connectivity index (χ1v) is 7.96. The number of aryl methyl sites for hydroxylation is 1. The number of carbonyl (C=O) groups excluding carboxylic acids is 1. The van der Waals surface area contributed by atoms with Crippen LogP contribution in [-0.2, 0) is 11.2 Å². The second-order valence-electron chi connectivity index (χ2n) is 5.60. The number of nitrogens with zero attached hydrogens (tertiary/aromatic N) is 1. The summed E-state index contributed by atoms with van der Waals surface area (Å²) < 4.78 is 0. The quantitative estimate of drug-likeness (QED) is 0.514. The van der Waals surface area contributed by atoms with Crippen molar-refractivity contribution in [2.45, 2.75) is 31.8 Å². The molecule has 5 nitrogen and oxygen atoms in total. The Morgan fingerprint density at radius 3 is 2.58 bits per heavy atom. The minimum Gasteiger partial charge on any atom is -0.393 e. The van der Waals surface area contributed by atoms with Crippen LogP contribution in [0.5, 0.6) is 0 Å². The molecule has 2 aromatic rings. The maximum Gasteiger partial charge on any atom is 0.243 e. The molecule has 0 radical (unpaired) electrons. The molecular formula is C19H22N2O3. The van der Waals surface area contributed by atoms with E-state index in [2.05, 4.69) is 4.98 Å². The van der Waals surface area contributed by atoms with E-state index < -0.39 is 12.0 Å². The van der Waals surface area contributed by atoms with Crippen LogP contribution in [0.1, 0.15) is 36.1 Å². The molecule has 0 aliphatic heterocycles. The fraction of sp³-hybridized carbons (Fsp3) is 0.263. The van der Waals surface area contributed by atoms with Gasteiger partial charge in [0.25, 0.3) is 0 Å². The average molecular weight is 326 g/mol. The third kappa shape index (κ3) is 6.32. The zero-order chi connectivity index (χ0) is 17.2. The highest BCUT2D eigenvalue weighted by Gasteiger charge is 2.08. The van der Waals surface area contributed by atoms with Gasteiger partial charge in [0.15, 0.2) is 0 Å². The number of carbonyl (C=O) groups is 1. The van der Waals surface area contributed by atoms with Gasteiger partial charge < -0.3 is 5.11 Å². The molecule has 1 amide bonds. The number of aromatic nitrogens is 1. The van der Waals surface area contributed by atoms with Gasteiger partial charge in [0, 0.05) is 12.6 Å². The number of amides is 1. The number of aliphatic hydroxyl groups excluding tert-OH is 1. The number of rotatable bonds is 8. The van der Waals surface area contributed by atoms with Crippen molar-refractivity contribution >= 4 is 18.1 Å². The van der Waals surface area contributed by atoms with Crippen molar-refractivity contribution in [1.82, 2.24) is 10.5 Å². The van der Waals surface area contributed by atoms with Gasteiger partial charge in [0.1, 0.15) is 0 Å². The van der Waals surface area contributed by atoms with Gasteiger partial charge in [-0.2, -0.15) is 0 Å². The van der Waals surface area contributed by atoms with E-state index in [1.807, 2.05) is 54.6 Å². The molecule has 126 valence electrons. The van der Waals surface area contributed by atoms with Crippen LogP contribution in [0.15, 0.2) is 48.7 Å². The van der Waals surface area contributed by atoms with Gasteiger partial charge in [0.05, 0.1) is 11.8 Å². The van der Waals surface area contributed by atoms with Crippen LogP contribution in [0.4, 0.5) is 0 Å². The van der Waals surface area contributed by atoms with E-state index >= 15 is 0 Å². The maximum absolute atomic E-state index is 10.9. The second-order valence-corrected chi connectivity index (χ2v) is 5.60. The number of pyridine rings is 1. The molecule has 0 aliphatic rings. The summed E-state index contributed by atoms with van der Waals surface area (Å²) in [5, 5.41) is 18.2. The third-order valence-electron chi connectivity index (χ3n) is 3.71. The number of aliphatic hydroxyl groups is 1. The lowest BCUT2D eigenvalue weighted by Gasteiger charge is -2.09. The van der Waals surface area contributed by atoms with Gasteiger partial charge in [0.2, 0.25) is 5.91 Å². The Labute approximate surface area is 141 Å². The molecule has 1 unspecified atom stereocenters. The zero-order valence-corrected chi connectivity index (χ0v) is 13.4. The van der Waals surface area contributed by atoms with Crippen LogP contribution >= 0.6 is 0 Å². The Kier molecular flexibility index (Phi) is 7.14. The van der Waals surface area contributed by atoms with Gasteiger partial charge in [-0.25, -0.2) is 5.48 Å². The highest BCUT2D eigenvalue weighted by Crippen LogP contribution is 2.12. The van der Waals surface area contributed by atoms with Crippen molar-refractivity contribution in [2.24, 2.45) is 0 Å². The maximum atomic E-state index is 10.9. The highest BCUT2D eigenvalue weighted by atomic mass is 16.5. The number of nitrogens with one attached hydrogen (secondary N) is 1. The molecule has 0 spiro atoms. The Balaban J connectivity index is 1.79. The molecule has 2 rings (SSSR count). The van der Waals surface area contributed by atoms with Gasteiger partial charge in [-0.1, -0.05) is 36.4 Å². The summed E-state index contributed by atoms with van der Waals surface area (Å²) in [4.78, 5) is 15.1. The van der Waals surface area contributed by atoms with Gasteiger partial charge >= 0.3 is 0 Å². The minimum absolute atomic E-state index is 0.120. The Morgan fingerprint density at radius 1 is 1.12 bits per heavy atom. The largest absolute Gasteiger partial charge is 0.393 e. The summed E-state index contributed by atoms with van der Waals surface area (Å²) in [7, 11) is 0. The summed E-state index contributed by atoms with van der Waals surface area (Å²) in [6.07, 6.45) is 6.98. The molecule has 1 atom stereocenters. The van der Waals surface area contributed by atoms with E-state index in [-0.39, 0.29) is 6.42 Å². The van der Waals surface area contributed by atoms with Crippen molar-refractivity contribution in [2.75, 3.05) is 0 Å². The molecule has 1 heterocycles. The number of hydrogen-bond donors (Lipinski definition) is 3. The first kappa shape index (κ1) is 17.8. The topological polar surface area (TPSA) is 82.5 Å². The number of hydrogen-bond acceptors (Lipinski definition) is 4. The van der Waals surface area contributed by atoms with E-state index in [1.165, 1.54) is 0 Å². The molecule has 1 aromatic carbocycles. The molecule has 5 heteroatoms. The number of hydroxylamine groups is 1. The summed E-state index contributed by atoms with van der Waals surface area (Å²) >= 11 is 0. The zero-order valence-electron chi connectivity index (χ0n) is 13.4. The molecular weight excluding hydrogens is 304 g/mol. The summed E-state index contributed by atoms with van der Waals surface area (Å²) in [5.74, 6) is -0.474. The highest BCUT2D eigenvalue weighted by molar-refractivity contribution is 5.74. The van der Waals surface area contributed by atoms with Crippen molar-refractivity contribution in [1.29, 1.82) is 0 Å². The van der Waals surface area contributed by atoms with Crippen molar-refractivity contribution in [3.8, 4) is 0 Å². The van der Waals surface area contributed by atoms with Gasteiger partial charge in [-0.15, -0.1) is 0 Å². The normalized spacial score (nSPS) is 12.2. The van der Waals surface area contributed by atoms with Crippen molar-refractivity contribution in [3.63, 3.8) is 0 Å². The molecule has 0 saturated heterocycles. The van der Waals surface area contributed by atoms with E-state index in [9.17, 15) is 9.90 Å². The molecule has 0 fully saturated rings. The molecule has 3 N–H and O–H groups in total. The summed E-state index contributed by atoms with van der Waals surface area (Å²) in [6, 6.07) is 13.9. The molecule has 1 aromatic heterocycles. The molecule has 0 aliphatic carbocycles. The Morgan fingerprint density at radius 2 is 1.92 bits per heavy atom. The second kappa shape index (κ2) is 9.60. The standard InChI is InChI=1S/C19H22N2O3/c22-18(12-13-19(23)21-24)11-9-16-6-4-15(5-7-16)8-10-17-3-1-2-14-20-17/h1-8,10,14,18,22,24H,9,11-13H2,(H,21,23). The van der Waals surface area contributed by atoms with Gasteiger partial charge in [-0.05, 0) is 48.6 Å². The molecule has 24 heavy (non-hydrogen) atoms. The van der Waals surface area contributed by atoms with Crippen LogP contribution < -0.4 is 5.48 Å². The molecule has 0 bridgehead atoms. The Hall–Kier alpha value is -2.50. The first-order valence-electron chi connectivity index (χ1n) is 7.96. The van der Waals surface area contributed by atoms with Crippen LogP contribution in [0, 0.1) is 0 Å². The summed E-state index contributed by atoms with van der Waals surface area (Å²) in [6.45, 7) is 0. The minimum atomic E-state index is -0.550. The van der Waals surface area contributed by atoms with Gasteiger partial charge in [-0.3, -0.25) is 15.0 Å².